The summed E-state index contributed by atoms with van der Waals surface area (Å²) in [6.07, 6.45) is 1.68. The molecule has 100 valence electrons. The van der Waals surface area contributed by atoms with E-state index in [2.05, 4.69) is 15.6 Å². The highest BCUT2D eigenvalue weighted by atomic mass is 32.2. The van der Waals surface area contributed by atoms with Gasteiger partial charge in [0, 0.05) is 35.0 Å². The van der Waals surface area contributed by atoms with Gasteiger partial charge >= 0.3 is 0 Å². The normalized spacial score (nSPS) is 11.7. The summed E-state index contributed by atoms with van der Waals surface area (Å²) in [5.41, 5.74) is 1.11. The van der Waals surface area contributed by atoms with Gasteiger partial charge in [0.25, 0.3) is 0 Å². The molecule has 0 aliphatic heterocycles. The minimum absolute atomic E-state index is 0.617. The van der Waals surface area contributed by atoms with Crippen LogP contribution in [-0.2, 0) is 17.3 Å². The summed E-state index contributed by atoms with van der Waals surface area (Å²) in [5.74, 6) is 0.822. The summed E-state index contributed by atoms with van der Waals surface area (Å²) in [5, 5.41) is 6.35. The molecule has 0 fully saturated rings. The van der Waals surface area contributed by atoms with Crippen molar-refractivity contribution in [1.29, 1.82) is 0 Å². The number of aliphatic imine (C=N–C) groups is 1. The zero-order valence-electron chi connectivity index (χ0n) is 11.2. The van der Waals surface area contributed by atoms with E-state index in [4.69, 9.17) is 0 Å². The molecular formula is C13H21N3OS. The lowest BCUT2D eigenvalue weighted by Crippen LogP contribution is -2.36. The van der Waals surface area contributed by atoms with E-state index in [9.17, 15) is 4.21 Å². The number of hydrogen-bond donors (Lipinski definition) is 2. The molecule has 18 heavy (non-hydrogen) atoms. The smallest absolute Gasteiger partial charge is 0.191 e. The van der Waals surface area contributed by atoms with Gasteiger partial charge in [0.1, 0.15) is 0 Å². The molecule has 0 saturated heterocycles. The van der Waals surface area contributed by atoms with Gasteiger partial charge in [-0.3, -0.25) is 4.21 Å². The molecule has 5 heteroatoms. The van der Waals surface area contributed by atoms with Crippen molar-refractivity contribution in [2.75, 3.05) is 19.3 Å². The number of rotatable bonds is 5. The average Bonchev–Trinajstić information content (AvgIpc) is 2.37. The lowest BCUT2D eigenvalue weighted by atomic mass is 10.2. The average molecular weight is 267 g/mol. The van der Waals surface area contributed by atoms with Crippen LogP contribution < -0.4 is 10.6 Å². The molecule has 1 aromatic rings. The highest BCUT2D eigenvalue weighted by Gasteiger charge is 1.98. The molecule has 0 amide bonds. The lowest BCUT2D eigenvalue weighted by Gasteiger charge is -2.09. The Bertz CT molecular complexity index is 407. The molecule has 1 rings (SSSR count). The van der Waals surface area contributed by atoms with Crippen LogP contribution in [-0.4, -0.2) is 29.5 Å². The quantitative estimate of drug-likeness (QED) is 0.628. The summed E-state index contributed by atoms with van der Waals surface area (Å²) in [6.45, 7) is 6.39. The Morgan fingerprint density at radius 1 is 1.17 bits per heavy atom. The number of benzene rings is 1. The van der Waals surface area contributed by atoms with Crippen LogP contribution in [0.5, 0.6) is 0 Å². The van der Waals surface area contributed by atoms with Gasteiger partial charge < -0.3 is 10.6 Å². The lowest BCUT2D eigenvalue weighted by molar-refractivity contribution is 0.687. The number of hydrogen-bond acceptors (Lipinski definition) is 2. The van der Waals surface area contributed by atoms with Gasteiger partial charge in [-0.25, -0.2) is 4.99 Å². The number of nitrogens with zero attached hydrogens (tertiary/aromatic N) is 1. The maximum absolute atomic E-state index is 11.3. The number of guanidine groups is 1. The molecule has 0 radical (unpaired) electrons. The zero-order chi connectivity index (χ0) is 13.4. The molecule has 0 aliphatic carbocycles. The van der Waals surface area contributed by atoms with Crippen molar-refractivity contribution in [3.63, 3.8) is 0 Å². The van der Waals surface area contributed by atoms with Crippen molar-refractivity contribution in [1.82, 2.24) is 10.6 Å². The van der Waals surface area contributed by atoms with Crippen LogP contribution >= 0.6 is 0 Å². The van der Waals surface area contributed by atoms with E-state index in [1.165, 1.54) is 0 Å². The van der Waals surface area contributed by atoms with E-state index in [-0.39, 0.29) is 0 Å². The van der Waals surface area contributed by atoms with E-state index in [0.29, 0.717) is 6.54 Å². The van der Waals surface area contributed by atoms with Crippen LogP contribution in [0.1, 0.15) is 19.4 Å². The summed E-state index contributed by atoms with van der Waals surface area (Å²) >= 11 is 0. The Kier molecular flexibility index (Phi) is 6.43. The van der Waals surface area contributed by atoms with E-state index in [1.54, 1.807) is 6.26 Å². The monoisotopic (exact) mass is 267 g/mol. The van der Waals surface area contributed by atoms with Crippen molar-refractivity contribution in [3.8, 4) is 0 Å². The van der Waals surface area contributed by atoms with Crippen molar-refractivity contribution >= 4 is 16.8 Å². The van der Waals surface area contributed by atoms with Gasteiger partial charge in [0.15, 0.2) is 5.96 Å². The van der Waals surface area contributed by atoms with Crippen LogP contribution in [0.15, 0.2) is 34.2 Å². The van der Waals surface area contributed by atoms with Gasteiger partial charge in [0.05, 0.1) is 6.54 Å². The second-order valence-corrected chi connectivity index (χ2v) is 5.20. The van der Waals surface area contributed by atoms with E-state index >= 15 is 0 Å². The van der Waals surface area contributed by atoms with Crippen LogP contribution in [0.2, 0.25) is 0 Å². The molecule has 0 aromatic heterocycles. The minimum Gasteiger partial charge on any atom is -0.357 e. The van der Waals surface area contributed by atoms with E-state index in [0.717, 1.165) is 29.5 Å². The summed E-state index contributed by atoms with van der Waals surface area (Å²) < 4.78 is 11.3. The maximum Gasteiger partial charge on any atom is 0.191 e. The Morgan fingerprint density at radius 2 is 1.72 bits per heavy atom. The fraction of sp³-hybridized carbons (Fsp3) is 0.462. The molecule has 0 saturated carbocycles. The van der Waals surface area contributed by atoms with Crippen LogP contribution in [0.3, 0.4) is 0 Å². The predicted molar refractivity (Wildman–Crippen MR) is 77.3 cm³/mol. The standard InChI is InChI=1S/C13H21N3OS/c1-4-14-13(15-5-2)16-10-11-6-8-12(9-7-11)18(3)17/h6-9H,4-5,10H2,1-3H3,(H2,14,15,16). The Morgan fingerprint density at radius 3 is 2.17 bits per heavy atom. The van der Waals surface area contributed by atoms with Crippen molar-refractivity contribution in [2.45, 2.75) is 25.3 Å². The summed E-state index contributed by atoms with van der Waals surface area (Å²) in [7, 11) is -0.917. The van der Waals surface area contributed by atoms with Crippen molar-refractivity contribution in [3.05, 3.63) is 29.8 Å². The van der Waals surface area contributed by atoms with Crippen molar-refractivity contribution in [2.24, 2.45) is 4.99 Å². The van der Waals surface area contributed by atoms with Gasteiger partial charge in [-0.15, -0.1) is 0 Å². The first kappa shape index (κ1) is 14.7. The largest absolute Gasteiger partial charge is 0.357 e. The fourth-order valence-electron chi connectivity index (χ4n) is 1.47. The highest BCUT2D eigenvalue weighted by Crippen LogP contribution is 2.08. The van der Waals surface area contributed by atoms with Gasteiger partial charge in [-0.2, -0.15) is 0 Å². The van der Waals surface area contributed by atoms with Gasteiger partial charge in [-0.1, -0.05) is 12.1 Å². The zero-order valence-corrected chi connectivity index (χ0v) is 12.0. The topological polar surface area (TPSA) is 53.5 Å². The highest BCUT2D eigenvalue weighted by molar-refractivity contribution is 7.84. The van der Waals surface area contributed by atoms with Crippen LogP contribution in [0.4, 0.5) is 0 Å². The molecule has 0 heterocycles. The second kappa shape index (κ2) is 7.87. The number of nitrogens with one attached hydrogen (secondary N) is 2. The Labute approximate surface area is 111 Å². The first-order valence-corrected chi connectivity index (χ1v) is 7.67. The first-order valence-electron chi connectivity index (χ1n) is 6.12. The van der Waals surface area contributed by atoms with E-state index in [1.807, 2.05) is 38.1 Å². The van der Waals surface area contributed by atoms with Crippen LogP contribution in [0, 0.1) is 0 Å². The summed E-state index contributed by atoms with van der Waals surface area (Å²) in [4.78, 5) is 5.31. The predicted octanol–water partition coefficient (Wildman–Crippen LogP) is 1.50. The first-order chi connectivity index (χ1) is 8.67. The molecule has 0 aliphatic rings. The molecule has 1 aromatic carbocycles. The van der Waals surface area contributed by atoms with E-state index < -0.39 is 10.8 Å². The third-order valence-electron chi connectivity index (χ3n) is 2.36. The molecule has 2 N–H and O–H groups in total. The molecule has 0 spiro atoms. The second-order valence-electron chi connectivity index (χ2n) is 3.82. The fourth-order valence-corrected chi connectivity index (χ4v) is 1.99. The van der Waals surface area contributed by atoms with Crippen LogP contribution in [0.25, 0.3) is 0 Å². The molecule has 0 bridgehead atoms. The SMILES string of the molecule is CCNC(=NCc1ccc(S(C)=O)cc1)NCC. The molecule has 1 atom stereocenters. The maximum atomic E-state index is 11.3. The van der Waals surface area contributed by atoms with Gasteiger partial charge in [-0.05, 0) is 31.5 Å². The third-order valence-corrected chi connectivity index (χ3v) is 3.30. The Balaban J connectivity index is 2.65. The Hall–Kier alpha value is -1.36. The molecule has 4 nitrogen and oxygen atoms in total. The third kappa shape index (κ3) is 4.87. The molecular weight excluding hydrogens is 246 g/mol. The summed E-state index contributed by atoms with van der Waals surface area (Å²) in [6, 6.07) is 7.72. The minimum atomic E-state index is -0.917. The van der Waals surface area contributed by atoms with Gasteiger partial charge in [0.2, 0.25) is 0 Å². The molecule has 1 unspecified atom stereocenters. The van der Waals surface area contributed by atoms with Crippen molar-refractivity contribution < 1.29 is 4.21 Å².